The number of rotatable bonds is 10. The van der Waals surface area contributed by atoms with E-state index in [9.17, 15) is 14.4 Å². The molecule has 2 aromatic rings. The van der Waals surface area contributed by atoms with Crippen LogP contribution in [0.25, 0.3) is 10.8 Å². The van der Waals surface area contributed by atoms with E-state index >= 15 is 0 Å². The van der Waals surface area contributed by atoms with Gasteiger partial charge in [-0.1, -0.05) is 56.3 Å². The molecule has 1 unspecified atom stereocenters. The monoisotopic (exact) mass is 488 g/mol. The van der Waals surface area contributed by atoms with Crippen molar-refractivity contribution in [1.29, 1.82) is 0 Å². The molecule has 1 aliphatic heterocycles. The summed E-state index contributed by atoms with van der Waals surface area (Å²) in [7, 11) is 0. The summed E-state index contributed by atoms with van der Waals surface area (Å²) in [6, 6.07) is 12.8. The lowest BCUT2D eigenvalue weighted by atomic mass is 10.00. The van der Waals surface area contributed by atoms with Crippen molar-refractivity contribution in [3.05, 3.63) is 48.0 Å². The Kier molecular flexibility index (Phi) is 10.8. The predicted octanol–water partition coefficient (Wildman–Crippen LogP) is 2.79. The van der Waals surface area contributed by atoms with Gasteiger partial charge in [0, 0.05) is 32.0 Å². The first-order valence-electron chi connectivity index (χ1n) is 12.0. The summed E-state index contributed by atoms with van der Waals surface area (Å²) in [5.74, 6) is -0.561. The second kappa shape index (κ2) is 13.3. The van der Waals surface area contributed by atoms with Crippen LogP contribution in [-0.4, -0.2) is 54.3 Å². The van der Waals surface area contributed by atoms with Gasteiger partial charge in [-0.25, -0.2) is 0 Å². The molecular formula is C26H37ClN4O3. The maximum Gasteiger partial charge on any atom is 0.243 e. The van der Waals surface area contributed by atoms with Crippen molar-refractivity contribution in [2.45, 2.75) is 58.0 Å². The zero-order chi connectivity index (χ0) is 23.8. The van der Waals surface area contributed by atoms with E-state index in [1.165, 1.54) is 0 Å². The van der Waals surface area contributed by atoms with Gasteiger partial charge in [0.15, 0.2) is 0 Å². The zero-order valence-corrected chi connectivity index (χ0v) is 20.9. The SMILES string of the molecule is CCC(CC)C(=O)N1CCCC1C(=O)N[C@H](Cc1ccc2ccccc2c1)C(=O)NCCN.Cl. The highest BCUT2D eigenvalue weighted by atomic mass is 35.5. The molecular weight excluding hydrogens is 452 g/mol. The van der Waals surface area contributed by atoms with Crippen LogP contribution in [0.1, 0.15) is 45.1 Å². The van der Waals surface area contributed by atoms with Gasteiger partial charge in [-0.15, -0.1) is 12.4 Å². The Morgan fingerprint density at radius 2 is 1.79 bits per heavy atom. The highest BCUT2D eigenvalue weighted by molar-refractivity contribution is 5.93. The number of hydrogen-bond donors (Lipinski definition) is 3. The molecule has 7 nitrogen and oxygen atoms in total. The van der Waals surface area contributed by atoms with Gasteiger partial charge in [0.25, 0.3) is 0 Å². The average Bonchev–Trinajstić information content (AvgIpc) is 3.33. The Morgan fingerprint density at radius 1 is 1.09 bits per heavy atom. The Labute approximate surface area is 208 Å². The lowest BCUT2D eigenvalue weighted by Crippen LogP contribution is -2.54. The summed E-state index contributed by atoms with van der Waals surface area (Å²) < 4.78 is 0. The van der Waals surface area contributed by atoms with Crippen LogP contribution in [0.15, 0.2) is 42.5 Å². The molecule has 186 valence electrons. The molecule has 1 heterocycles. The van der Waals surface area contributed by atoms with Crippen LogP contribution in [0, 0.1) is 5.92 Å². The Bertz CT molecular complexity index is 979. The molecule has 0 bridgehead atoms. The zero-order valence-electron chi connectivity index (χ0n) is 20.1. The van der Waals surface area contributed by atoms with Gasteiger partial charge in [-0.05, 0) is 42.0 Å². The largest absolute Gasteiger partial charge is 0.353 e. The van der Waals surface area contributed by atoms with Crippen LogP contribution in [0.2, 0.25) is 0 Å². The molecule has 0 saturated carbocycles. The normalized spacial score (nSPS) is 16.2. The number of amides is 3. The van der Waals surface area contributed by atoms with E-state index in [1.807, 2.05) is 56.3 Å². The maximum atomic E-state index is 13.2. The number of nitrogens with one attached hydrogen (secondary N) is 2. The van der Waals surface area contributed by atoms with Gasteiger partial charge in [-0.2, -0.15) is 0 Å². The first kappa shape index (κ1) is 27.6. The average molecular weight is 489 g/mol. The van der Waals surface area contributed by atoms with E-state index in [0.717, 1.165) is 35.6 Å². The van der Waals surface area contributed by atoms with Crippen LogP contribution in [-0.2, 0) is 20.8 Å². The number of fused-ring (bicyclic) bond motifs is 1. The van der Waals surface area contributed by atoms with E-state index in [2.05, 4.69) is 10.6 Å². The predicted molar refractivity (Wildman–Crippen MR) is 138 cm³/mol. The van der Waals surface area contributed by atoms with Crippen molar-refractivity contribution in [2.75, 3.05) is 19.6 Å². The van der Waals surface area contributed by atoms with Gasteiger partial charge in [0.1, 0.15) is 12.1 Å². The molecule has 34 heavy (non-hydrogen) atoms. The fraction of sp³-hybridized carbons (Fsp3) is 0.500. The van der Waals surface area contributed by atoms with Gasteiger partial charge in [0.05, 0.1) is 0 Å². The van der Waals surface area contributed by atoms with Crippen molar-refractivity contribution >= 4 is 40.9 Å². The summed E-state index contributed by atoms with van der Waals surface area (Å²) in [5.41, 5.74) is 6.51. The standard InChI is InChI=1S/C26H36N4O3.ClH/c1-3-19(4-2)26(33)30-15-7-10-23(30)25(32)29-22(24(31)28-14-13-27)17-18-11-12-20-8-5-6-9-21(20)16-18;/h5-6,8-9,11-12,16,19,22-23H,3-4,7,10,13-15,17,27H2,1-2H3,(H,28,31)(H,29,32);1H/t22-,23?;/m1./s1. The van der Waals surface area contributed by atoms with E-state index < -0.39 is 12.1 Å². The molecule has 1 saturated heterocycles. The number of carbonyl (C=O) groups is 3. The summed E-state index contributed by atoms with van der Waals surface area (Å²) in [6.07, 6.45) is 3.28. The van der Waals surface area contributed by atoms with Crippen LogP contribution >= 0.6 is 12.4 Å². The minimum Gasteiger partial charge on any atom is -0.353 e. The topological polar surface area (TPSA) is 105 Å². The number of hydrogen-bond acceptors (Lipinski definition) is 4. The van der Waals surface area contributed by atoms with Crippen LogP contribution < -0.4 is 16.4 Å². The molecule has 1 aliphatic rings. The summed E-state index contributed by atoms with van der Waals surface area (Å²) in [5, 5.41) is 7.94. The summed E-state index contributed by atoms with van der Waals surface area (Å²) in [6.45, 7) is 5.24. The van der Waals surface area contributed by atoms with E-state index in [0.29, 0.717) is 32.5 Å². The fourth-order valence-corrected chi connectivity index (χ4v) is 4.57. The first-order valence-corrected chi connectivity index (χ1v) is 12.0. The van der Waals surface area contributed by atoms with E-state index in [-0.39, 0.29) is 36.0 Å². The van der Waals surface area contributed by atoms with Gasteiger partial charge in [0.2, 0.25) is 17.7 Å². The highest BCUT2D eigenvalue weighted by Gasteiger charge is 2.37. The number of nitrogens with zero attached hydrogens (tertiary/aromatic N) is 1. The lowest BCUT2D eigenvalue weighted by Gasteiger charge is -2.29. The first-order chi connectivity index (χ1) is 16.0. The molecule has 4 N–H and O–H groups in total. The third-order valence-corrected chi connectivity index (χ3v) is 6.50. The van der Waals surface area contributed by atoms with Crippen molar-refractivity contribution in [2.24, 2.45) is 11.7 Å². The molecule has 0 aromatic heterocycles. The smallest absolute Gasteiger partial charge is 0.243 e. The molecule has 0 spiro atoms. The second-order valence-electron chi connectivity index (χ2n) is 8.73. The van der Waals surface area contributed by atoms with Crippen molar-refractivity contribution in [3.63, 3.8) is 0 Å². The quantitative estimate of drug-likeness (QED) is 0.478. The summed E-state index contributed by atoms with van der Waals surface area (Å²) >= 11 is 0. The summed E-state index contributed by atoms with van der Waals surface area (Å²) in [4.78, 5) is 40.8. The van der Waals surface area contributed by atoms with Gasteiger partial charge < -0.3 is 21.3 Å². The number of benzene rings is 2. The molecule has 2 aromatic carbocycles. The number of carbonyl (C=O) groups excluding carboxylic acids is 3. The van der Waals surface area contributed by atoms with Crippen molar-refractivity contribution in [3.8, 4) is 0 Å². The molecule has 0 aliphatic carbocycles. The lowest BCUT2D eigenvalue weighted by molar-refractivity contribution is -0.142. The van der Waals surface area contributed by atoms with Crippen LogP contribution in [0.4, 0.5) is 0 Å². The second-order valence-corrected chi connectivity index (χ2v) is 8.73. The van der Waals surface area contributed by atoms with E-state index in [4.69, 9.17) is 5.73 Å². The molecule has 2 atom stereocenters. The van der Waals surface area contributed by atoms with Crippen molar-refractivity contribution in [1.82, 2.24) is 15.5 Å². The van der Waals surface area contributed by atoms with Gasteiger partial charge >= 0.3 is 0 Å². The number of halogens is 1. The third-order valence-electron chi connectivity index (χ3n) is 6.50. The Morgan fingerprint density at radius 3 is 2.47 bits per heavy atom. The third kappa shape index (κ3) is 6.70. The molecule has 3 amide bonds. The molecule has 3 rings (SSSR count). The minimum atomic E-state index is -0.740. The Balaban J connectivity index is 0.00000408. The molecule has 0 radical (unpaired) electrons. The molecule has 8 heteroatoms. The van der Waals surface area contributed by atoms with Gasteiger partial charge in [-0.3, -0.25) is 14.4 Å². The van der Waals surface area contributed by atoms with E-state index in [1.54, 1.807) is 4.90 Å². The van der Waals surface area contributed by atoms with Crippen molar-refractivity contribution < 1.29 is 14.4 Å². The highest BCUT2D eigenvalue weighted by Crippen LogP contribution is 2.23. The Hall–Kier alpha value is -2.64. The fourth-order valence-electron chi connectivity index (χ4n) is 4.57. The van der Waals surface area contributed by atoms with Crippen LogP contribution in [0.3, 0.4) is 0 Å². The maximum absolute atomic E-state index is 13.2. The molecule has 1 fully saturated rings. The number of likely N-dealkylation sites (tertiary alicyclic amines) is 1. The minimum absolute atomic E-state index is 0. The number of nitrogens with two attached hydrogens (primary N) is 1. The van der Waals surface area contributed by atoms with Crippen LogP contribution in [0.5, 0.6) is 0 Å².